The van der Waals surface area contributed by atoms with Gasteiger partial charge in [-0.05, 0) is 56.7 Å². The van der Waals surface area contributed by atoms with Crippen molar-refractivity contribution < 1.29 is 32.6 Å². The van der Waals surface area contributed by atoms with E-state index in [2.05, 4.69) is 12.2 Å². The third-order valence-corrected chi connectivity index (χ3v) is 5.97. The Morgan fingerprint density at radius 2 is 1.97 bits per heavy atom. The Morgan fingerprint density at radius 3 is 2.65 bits per heavy atom. The maximum atomic E-state index is 13.7. The predicted molar refractivity (Wildman–Crippen MR) is 111 cm³/mol. The van der Waals surface area contributed by atoms with Crippen LogP contribution in [0.3, 0.4) is 0 Å². The molecular formula is C22H23F2NO5S. The van der Waals surface area contributed by atoms with Crippen LogP contribution >= 0.6 is 11.3 Å². The van der Waals surface area contributed by atoms with Crippen LogP contribution in [0.4, 0.5) is 13.8 Å². The number of benzene rings is 1. The van der Waals surface area contributed by atoms with Gasteiger partial charge >= 0.3 is 11.9 Å². The van der Waals surface area contributed by atoms with Gasteiger partial charge in [0.2, 0.25) is 0 Å². The summed E-state index contributed by atoms with van der Waals surface area (Å²) in [5.41, 5.74) is 0.746. The van der Waals surface area contributed by atoms with E-state index in [9.17, 15) is 23.2 Å². The van der Waals surface area contributed by atoms with Crippen molar-refractivity contribution in [3.63, 3.8) is 0 Å². The number of hydrogen-bond donors (Lipinski definition) is 1. The Bertz CT molecular complexity index is 1020. The summed E-state index contributed by atoms with van der Waals surface area (Å²) in [6.07, 6.45) is 2.13. The molecule has 1 aliphatic rings. The number of fused-ring (bicyclic) bond motifs is 1. The topological polar surface area (TPSA) is 81.7 Å². The normalized spacial score (nSPS) is 15.4. The lowest BCUT2D eigenvalue weighted by atomic mass is 9.88. The number of ether oxygens (including phenoxy) is 2. The molecule has 1 atom stereocenters. The Hall–Kier alpha value is -2.81. The van der Waals surface area contributed by atoms with Crippen LogP contribution in [0.2, 0.25) is 0 Å². The van der Waals surface area contributed by atoms with E-state index in [4.69, 9.17) is 9.47 Å². The zero-order valence-corrected chi connectivity index (χ0v) is 18.2. The van der Waals surface area contributed by atoms with E-state index in [-0.39, 0.29) is 6.10 Å². The highest BCUT2D eigenvalue weighted by molar-refractivity contribution is 7.17. The van der Waals surface area contributed by atoms with E-state index in [1.54, 1.807) is 13.8 Å². The van der Waals surface area contributed by atoms with Gasteiger partial charge in [-0.25, -0.2) is 18.4 Å². The number of rotatable bonds is 6. The Labute approximate surface area is 182 Å². The molecule has 0 radical (unpaired) electrons. The largest absolute Gasteiger partial charge is 0.459 e. The van der Waals surface area contributed by atoms with Gasteiger partial charge in [0.25, 0.3) is 5.91 Å². The van der Waals surface area contributed by atoms with Crippen molar-refractivity contribution in [3.05, 3.63) is 51.4 Å². The summed E-state index contributed by atoms with van der Waals surface area (Å²) in [5, 5.41) is 2.96. The summed E-state index contributed by atoms with van der Waals surface area (Å²) in [6.45, 7) is 4.92. The quantitative estimate of drug-likeness (QED) is 0.654. The molecular weight excluding hydrogens is 428 g/mol. The van der Waals surface area contributed by atoms with Crippen molar-refractivity contribution in [2.45, 2.75) is 46.1 Å². The average Bonchev–Trinajstić information content (AvgIpc) is 3.02. The molecule has 1 aliphatic carbocycles. The first-order valence-corrected chi connectivity index (χ1v) is 10.7. The number of thiophene rings is 1. The van der Waals surface area contributed by atoms with Crippen molar-refractivity contribution in [2.24, 2.45) is 5.92 Å². The van der Waals surface area contributed by atoms with Crippen LogP contribution in [-0.4, -0.2) is 30.6 Å². The molecule has 1 heterocycles. The minimum absolute atomic E-state index is 0.319. The van der Waals surface area contributed by atoms with Gasteiger partial charge in [-0.3, -0.25) is 4.79 Å². The Kier molecular flexibility index (Phi) is 7.04. The molecule has 2 aromatic rings. The first-order chi connectivity index (χ1) is 14.7. The lowest BCUT2D eigenvalue weighted by molar-refractivity contribution is -0.119. The molecule has 3 rings (SSSR count). The fourth-order valence-corrected chi connectivity index (χ4v) is 4.77. The van der Waals surface area contributed by atoms with Crippen LogP contribution in [0.25, 0.3) is 0 Å². The number of nitrogens with one attached hydrogen (secondary N) is 1. The molecule has 1 unspecified atom stereocenters. The Balaban J connectivity index is 1.73. The molecule has 1 aromatic heterocycles. The van der Waals surface area contributed by atoms with Crippen molar-refractivity contribution >= 4 is 34.2 Å². The second-order valence-corrected chi connectivity index (χ2v) is 8.86. The van der Waals surface area contributed by atoms with Crippen LogP contribution in [0.1, 0.15) is 58.3 Å². The van der Waals surface area contributed by atoms with Crippen LogP contribution < -0.4 is 5.32 Å². The van der Waals surface area contributed by atoms with E-state index in [1.165, 1.54) is 11.3 Å². The summed E-state index contributed by atoms with van der Waals surface area (Å²) in [7, 11) is 0. The number of anilines is 1. The highest BCUT2D eigenvalue weighted by atomic mass is 32.1. The number of hydrogen-bond acceptors (Lipinski definition) is 6. The van der Waals surface area contributed by atoms with Crippen LogP contribution in [0.5, 0.6) is 0 Å². The molecule has 1 aromatic carbocycles. The SMILES string of the molecule is CC1CCc2c(sc(NC(=O)COC(=O)c3ccc(F)cc3F)c2C(=O)OC(C)C)C1. The van der Waals surface area contributed by atoms with Gasteiger partial charge in [-0.15, -0.1) is 11.3 Å². The molecule has 9 heteroatoms. The Morgan fingerprint density at radius 1 is 1.23 bits per heavy atom. The molecule has 31 heavy (non-hydrogen) atoms. The summed E-state index contributed by atoms with van der Waals surface area (Å²) in [4.78, 5) is 38.0. The fourth-order valence-electron chi connectivity index (χ4n) is 3.35. The number of halogens is 2. The molecule has 0 fully saturated rings. The van der Waals surface area contributed by atoms with Crippen molar-refractivity contribution in [1.29, 1.82) is 0 Å². The van der Waals surface area contributed by atoms with Gasteiger partial charge in [-0.1, -0.05) is 6.92 Å². The lowest BCUT2D eigenvalue weighted by Crippen LogP contribution is -2.23. The first kappa shape index (κ1) is 22.9. The van der Waals surface area contributed by atoms with E-state index in [0.29, 0.717) is 29.0 Å². The standard InChI is InChI=1S/C22H23F2NO5S/c1-11(2)30-22(28)19-15-6-4-12(3)8-17(15)31-20(19)25-18(26)10-29-21(27)14-7-5-13(23)9-16(14)24/h5,7,9,11-12H,4,6,8,10H2,1-3H3,(H,25,26). The first-order valence-electron chi connectivity index (χ1n) is 9.93. The molecule has 0 saturated heterocycles. The van der Waals surface area contributed by atoms with Crippen molar-refractivity contribution in [2.75, 3.05) is 11.9 Å². The van der Waals surface area contributed by atoms with Crippen molar-refractivity contribution in [3.8, 4) is 0 Å². The summed E-state index contributed by atoms with van der Waals surface area (Å²) in [5.74, 6) is -3.72. The maximum absolute atomic E-state index is 13.7. The number of carbonyl (C=O) groups is 3. The number of esters is 2. The van der Waals surface area contributed by atoms with E-state index < -0.39 is 41.7 Å². The highest BCUT2D eigenvalue weighted by Crippen LogP contribution is 2.40. The minimum Gasteiger partial charge on any atom is -0.459 e. The van der Waals surface area contributed by atoms with Crippen LogP contribution in [0.15, 0.2) is 18.2 Å². The zero-order valence-electron chi connectivity index (χ0n) is 17.4. The van der Waals surface area contributed by atoms with Crippen LogP contribution in [0, 0.1) is 17.6 Å². The second kappa shape index (κ2) is 9.55. The van der Waals surface area contributed by atoms with Crippen molar-refractivity contribution in [1.82, 2.24) is 0 Å². The summed E-state index contributed by atoms with van der Waals surface area (Å²) in [6, 6.07) is 2.42. The van der Waals surface area contributed by atoms with Gasteiger partial charge in [-0.2, -0.15) is 0 Å². The molecule has 1 amide bonds. The minimum atomic E-state index is -1.09. The van der Waals surface area contributed by atoms with E-state index >= 15 is 0 Å². The fraction of sp³-hybridized carbons (Fsp3) is 0.409. The molecule has 0 aliphatic heterocycles. The van der Waals surface area contributed by atoms with Gasteiger partial charge < -0.3 is 14.8 Å². The third-order valence-electron chi connectivity index (χ3n) is 4.80. The molecule has 166 valence electrons. The van der Waals surface area contributed by atoms with E-state index in [0.717, 1.165) is 35.4 Å². The number of amides is 1. The molecule has 0 spiro atoms. The summed E-state index contributed by atoms with van der Waals surface area (Å²) < 4.78 is 36.9. The third kappa shape index (κ3) is 5.46. The molecule has 1 N–H and O–H groups in total. The predicted octanol–water partition coefficient (Wildman–Crippen LogP) is 4.51. The van der Waals surface area contributed by atoms with Gasteiger partial charge in [0.15, 0.2) is 6.61 Å². The van der Waals surface area contributed by atoms with Gasteiger partial charge in [0.1, 0.15) is 16.6 Å². The maximum Gasteiger partial charge on any atom is 0.341 e. The molecule has 0 bridgehead atoms. The van der Waals surface area contributed by atoms with Gasteiger partial charge in [0, 0.05) is 10.9 Å². The van der Waals surface area contributed by atoms with Gasteiger partial charge in [0.05, 0.1) is 17.2 Å². The lowest BCUT2D eigenvalue weighted by Gasteiger charge is -2.18. The smallest absolute Gasteiger partial charge is 0.341 e. The molecule has 0 saturated carbocycles. The molecule has 6 nitrogen and oxygen atoms in total. The van der Waals surface area contributed by atoms with Crippen LogP contribution in [-0.2, 0) is 27.1 Å². The second-order valence-electron chi connectivity index (χ2n) is 7.76. The summed E-state index contributed by atoms with van der Waals surface area (Å²) >= 11 is 1.31. The highest BCUT2D eigenvalue weighted by Gasteiger charge is 2.30. The monoisotopic (exact) mass is 451 g/mol. The zero-order chi connectivity index (χ0) is 22.7. The van der Waals surface area contributed by atoms with E-state index in [1.807, 2.05) is 0 Å². The average molecular weight is 451 g/mol. The number of carbonyl (C=O) groups excluding carboxylic acids is 3.